The van der Waals surface area contributed by atoms with Crippen LogP contribution < -0.4 is 5.32 Å². The van der Waals surface area contributed by atoms with Crippen molar-refractivity contribution in [2.75, 3.05) is 18.4 Å². The Labute approximate surface area is 159 Å². The molecule has 0 aromatic carbocycles. The fourth-order valence-electron chi connectivity index (χ4n) is 3.57. The molecular weight excluding hydrogens is 340 g/mol. The Morgan fingerprint density at radius 3 is 2.78 bits per heavy atom. The number of aromatic nitrogens is 6. The summed E-state index contributed by atoms with van der Waals surface area (Å²) in [6, 6.07) is 4.33. The number of aryl methyl sites for hydroxylation is 3. The summed E-state index contributed by atoms with van der Waals surface area (Å²) in [5.41, 5.74) is 4.66. The lowest BCUT2D eigenvalue weighted by Crippen LogP contribution is -2.34. The first-order valence-corrected chi connectivity index (χ1v) is 9.46. The van der Waals surface area contributed by atoms with E-state index in [0.717, 1.165) is 56.4 Å². The number of nitrogens with zero attached hydrogens (tertiary/aromatic N) is 7. The molecule has 4 heterocycles. The largest absolute Gasteiger partial charge is 0.363 e. The van der Waals surface area contributed by atoms with Crippen LogP contribution in [0.25, 0.3) is 0 Å². The Kier molecular flexibility index (Phi) is 5.15. The number of nitrogens with one attached hydrogen (secondary N) is 1. The first kappa shape index (κ1) is 17.7. The van der Waals surface area contributed by atoms with Crippen molar-refractivity contribution >= 4 is 5.82 Å². The molecule has 142 valence electrons. The summed E-state index contributed by atoms with van der Waals surface area (Å²) in [7, 11) is 0. The van der Waals surface area contributed by atoms with Crippen molar-refractivity contribution in [2.24, 2.45) is 0 Å². The van der Waals surface area contributed by atoms with Gasteiger partial charge in [-0.2, -0.15) is 10.2 Å². The number of fused-ring (bicyclic) bond motifs is 1. The van der Waals surface area contributed by atoms with Crippen LogP contribution in [0.3, 0.4) is 0 Å². The minimum absolute atomic E-state index is 0.663. The smallest absolute Gasteiger partial charge is 0.144 e. The fourth-order valence-corrected chi connectivity index (χ4v) is 3.57. The van der Waals surface area contributed by atoms with Gasteiger partial charge in [0.25, 0.3) is 0 Å². The van der Waals surface area contributed by atoms with Gasteiger partial charge in [0, 0.05) is 44.3 Å². The van der Waals surface area contributed by atoms with Crippen LogP contribution in [0.15, 0.2) is 30.7 Å². The maximum Gasteiger partial charge on any atom is 0.144 e. The molecule has 0 bridgehead atoms. The van der Waals surface area contributed by atoms with E-state index in [0.29, 0.717) is 6.54 Å². The van der Waals surface area contributed by atoms with E-state index in [1.54, 1.807) is 18.6 Å². The molecule has 0 unspecified atom stereocenters. The average molecular weight is 366 g/mol. The van der Waals surface area contributed by atoms with Crippen LogP contribution >= 0.6 is 0 Å². The maximum absolute atomic E-state index is 4.71. The third kappa shape index (κ3) is 4.33. The van der Waals surface area contributed by atoms with Gasteiger partial charge in [-0.05, 0) is 32.4 Å². The molecule has 0 spiro atoms. The lowest BCUT2D eigenvalue weighted by molar-refractivity contribution is 0.206. The lowest BCUT2D eigenvalue weighted by atomic mass is 10.2. The van der Waals surface area contributed by atoms with Crippen LogP contribution in [-0.4, -0.2) is 47.5 Å². The van der Waals surface area contributed by atoms with E-state index < -0.39 is 0 Å². The molecule has 27 heavy (non-hydrogen) atoms. The lowest BCUT2D eigenvalue weighted by Gasteiger charge is -2.27. The molecule has 1 aliphatic rings. The number of rotatable bonds is 7. The molecule has 8 heteroatoms. The van der Waals surface area contributed by atoms with Gasteiger partial charge >= 0.3 is 0 Å². The van der Waals surface area contributed by atoms with E-state index in [9.17, 15) is 0 Å². The molecule has 0 amide bonds. The van der Waals surface area contributed by atoms with Crippen molar-refractivity contribution < 1.29 is 0 Å². The maximum atomic E-state index is 4.71. The predicted molar refractivity (Wildman–Crippen MR) is 103 cm³/mol. The number of hydrogen-bond acceptors (Lipinski definition) is 6. The van der Waals surface area contributed by atoms with Gasteiger partial charge in [-0.1, -0.05) is 0 Å². The second-order valence-corrected chi connectivity index (χ2v) is 7.07. The molecule has 0 atom stereocenters. The molecule has 0 fully saturated rings. The van der Waals surface area contributed by atoms with Crippen molar-refractivity contribution in [2.45, 2.75) is 46.4 Å². The summed E-state index contributed by atoms with van der Waals surface area (Å²) in [4.78, 5) is 10.8. The zero-order valence-corrected chi connectivity index (χ0v) is 16.0. The topological polar surface area (TPSA) is 76.7 Å². The van der Waals surface area contributed by atoms with E-state index in [2.05, 4.69) is 53.7 Å². The Bertz CT molecular complexity index is 883. The average Bonchev–Trinajstić information content (AvgIpc) is 3.22. The monoisotopic (exact) mass is 366 g/mol. The third-order valence-corrected chi connectivity index (χ3v) is 4.89. The molecule has 4 rings (SSSR count). The standard InChI is InChI=1S/C19H26N8/c1-15-10-16(2)26(23-15)7-3-6-25-8-9-27-18(14-25)11-17(24-27)12-22-19-13-20-4-5-21-19/h4-5,10-11,13H,3,6-9,12,14H2,1-2H3,(H,21,22). The Balaban J connectivity index is 1.28. The van der Waals surface area contributed by atoms with E-state index in [4.69, 9.17) is 5.10 Å². The van der Waals surface area contributed by atoms with Crippen LogP contribution in [0.5, 0.6) is 0 Å². The molecule has 0 radical (unpaired) electrons. The van der Waals surface area contributed by atoms with Crippen LogP contribution in [0, 0.1) is 13.8 Å². The highest BCUT2D eigenvalue weighted by Crippen LogP contribution is 2.15. The van der Waals surface area contributed by atoms with Crippen molar-refractivity contribution in [3.05, 3.63) is 53.5 Å². The fraction of sp³-hybridized carbons (Fsp3) is 0.474. The minimum atomic E-state index is 0.663. The number of hydrogen-bond donors (Lipinski definition) is 1. The van der Waals surface area contributed by atoms with Gasteiger partial charge in [-0.25, -0.2) is 4.98 Å². The summed E-state index contributed by atoms with van der Waals surface area (Å²) < 4.78 is 4.24. The first-order chi connectivity index (χ1) is 13.2. The van der Waals surface area contributed by atoms with Gasteiger partial charge in [0.2, 0.25) is 0 Å². The van der Waals surface area contributed by atoms with Crippen LogP contribution in [0.1, 0.15) is 29.2 Å². The zero-order valence-electron chi connectivity index (χ0n) is 16.0. The third-order valence-electron chi connectivity index (χ3n) is 4.89. The van der Waals surface area contributed by atoms with Gasteiger partial charge in [0.1, 0.15) is 5.82 Å². The Hall–Kier alpha value is -2.74. The first-order valence-electron chi connectivity index (χ1n) is 9.46. The molecule has 3 aromatic heterocycles. The minimum Gasteiger partial charge on any atom is -0.363 e. The van der Waals surface area contributed by atoms with Gasteiger partial charge in [-0.15, -0.1) is 0 Å². The van der Waals surface area contributed by atoms with Crippen molar-refractivity contribution in [3.63, 3.8) is 0 Å². The summed E-state index contributed by atoms with van der Waals surface area (Å²) in [5.74, 6) is 0.772. The summed E-state index contributed by atoms with van der Waals surface area (Å²) in [6.45, 7) is 9.83. The molecule has 0 saturated heterocycles. The molecule has 3 aromatic rings. The zero-order chi connectivity index (χ0) is 18.6. The summed E-state index contributed by atoms with van der Waals surface area (Å²) >= 11 is 0. The molecular formula is C19H26N8. The molecule has 1 aliphatic heterocycles. The van der Waals surface area contributed by atoms with Gasteiger partial charge < -0.3 is 5.32 Å². The highest BCUT2D eigenvalue weighted by Gasteiger charge is 2.18. The van der Waals surface area contributed by atoms with Crippen molar-refractivity contribution in [3.8, 4) is 0 Å². The Morgan fingerprint density at radius 1 is 1.07 bits per heavy atom. The highest BCUT2D eigenvalue weighted by atomic mass is 15.3. The van der Waals surface area contributed by atoms with Crippen molar-refractivity contribution in [1.29, 1.82) is 0 Å². The highest BCUT2D eigenvalue weighted by molar-refractivity contribution is 5.31. The quantitative estimate of drug-likeness (QED) is 0.689. The molecule has 0 aliphatic carbocycles. The SMILES string of the molecule is Cc1cc(C)n(CCCN2CCn3nc(CNc4cnccn4)cc3C2)n1. The van der Waals surface area contributed by atoms with Crippen molar-refractivity contribution in [1.82, 2.24) is 34.4 Å². The molecule has 1 N–H and O–H groups in total. The van der Waals surface area contributed by atoms with Crippen LogP contribution in [0.4, 0.5) is 5.82 Å². The van der Waals surface area contributed by atoms with Gasteiger partial charge in [0.15, 0.2) is 0 Å². The summed E-state index contributed by atoms with van der Waals surface area (Å²) in [5, 5.41) is 12.5. The molecule has 8 nitrogen and oxygen atoms in total. The molecule has 0 saturated carbocycles. The van der Waals surface area contributed by atoms with Crippen LogP contribution in [-0.2, 0) is 26.2 Å². The van der Waals surface area contributed by atoms with E-state index in [1.807, 2.05) is 6.92 Å². The van der Waals surface area contributed by atoms with Crippen LogP contribution in [0.2, 0.25) is 0 Å². The Morgan fingerprint density at radius 2 is 2.00 bits per heavy atom. The van der Waals surface area contributed by atoms with E-state index in [1.165, 1.54) is 11.4 Å². The van der Waals surface area contributed by atoms with E-state index in [-0.39, 0.29) is 0 Å². The van der Waals surface area contributed by atoms with E-state index >= 15 is 0 Å². The summed E-state index contributed by atoms with van der Waals surface area (Å²) in [6.07, 6.45) is 6.19. The normalized spacial score (nSPS) is 14.3. The second-order valence-electron chi connectivity index (χ2n) is 7.07. The predicted octanol–water partition coefficient (Wildman–Crippen LogP) is 2.00. The second kappa shape index (κ2) is 7.87. The van der Waals surface area contributed by atoms with Gasteiger partial charge in [-0.3, -0.25) is 19.2 Å². The van der Waals surface area contributed by atoms with Gasteiger partial charge in [0.05, 0.1) is 36.4 Å². The number of anilines is 1.